The molecule has 0 radical (unpaired) electrons. The molecular weight excluding hydrogens is 400 g/mol. The van der Waals surface area contributed by atoms with Crippen LogP contribution >= 0.6 is 23.4 Å². The third-order valence-corrected chi connectivity index (χ3v) is 5.06. The number of carbonyl (C=O) groups is 2. The number of hydrogen-bond donors (Lipinski definition) is 3. The fourth-order valence-electron chi connectivity index (χ4n) is 2.25. The molecule has 1 atom stereocenters. The molecule has 0 aliphatic heterocycles. The van der Waals surface area contributed by atoms with Crippen LogP contribution < -0.4 is 16.7 Å². The van der Waals surface area contributed by atoms with E-state index >= 15 is 0 Å². The van der Waals surface area contributed by atoms with Crippen LogP contribution in [0, 0.1) is 0 Å². The summed E-state index contributed by atoms with van der Waals surface area (Å²) >= 11 is 7.01. The van der Waals surface area contributed by atoms with Crippen LogP contribution in [0.2, 0.25) is 5.02 Å². The molecule has 144 valence electrons. The molecule has 28 heavy (non-hydrogen) atoms. The maximum atomic E-state index is 12.2. The molecular formula is C18H17ClN6O2S. The number of benzene rings is 2. The lowest BCUT2D eigenvalue weighted by molar-refractivity contribution is -0.121. The van der Waals surface area contributed by atoms with Crippen LogP contribution in [0.3, 0.4) is 0 Å². The Morgan fingerprint density at radius 1 is 1.07 bits per heavy atom. The van der Waals surface area contributed by atoms with Gasteiger partial charge in [0.25, 0.3) is 11.8 Å². The van der Waals surface area contributed by atoms with E-state index in [9.17, 15) is 9.59 Å². The third-order valence-electron chi connectivity index (χ3n) is 3.75. The highest BCUT2D eigenvalue weighted by atomic mass is 35.5. The maximum Gasteiger partial charge on any atom is 0.269 e. The molecule has 0 spiro atoms. The molecule has 8 nitrogen and oxygen atoms in total. The van der Waals surface area contributed by atoms with Gasteiger partial charge in [-0.1, -0.05) is 41.6 Å². The van der Waals surface area contributed by atoms with Gasteiger partial charge in [0, 0.05) is 16.1 Å². The highest BCUT2D eigenvalue weighted by molar-refractivity contribution is 8.00. The van der Waals surface area contributed by atoms with E-state index in [4.69, 9.17) is 17.4 Å². The van der Waals surface area contributed by atoms with E-state index in [-0.39, 0.29) is 0 Å². The number of carbonyl (C=O) groups excluding carboxylic acids is 2. The monoisotopic (exact) mass is 416 g/mol. The molecule has 0 unspecified atom stereocenters. The second kappa shape index (κ2) is 8.77. The van der Waals surface area contributed by atoms with E-state index in [0.29, 0.717) is 21.6 Å². The Hall–Kier alpha value is -3.04. The van der Waals surface area contributed by atoms with Crippen molar-refractivity contribution in [2.45, 2.75) is 17.3 Å². The summed E-state index contributed by atoms with van der Waals surface area (Å²) < 4.78 is 1.31. The molecule has 3 rings (SSSR count). The summed E-state index contributed by atoms with van der Waals surface area (Å²) in [5.74, 6) is 5.70. The van der Waals surface area contributed by atoms with Gasteiger partial charge in [0.1, 0.15) is 0 Å². The lowest BCUT2D eigenvalue weighted by Crippen LogP contribution is -2.45. The van der Waals surface area contributed by atoms with Gasteiger partial charge in [-0.25, -0.2) is 4.68 Å². The van der Waals surface area contributed by atoms with E-state index in [1.54, 1.807) is 61.5 Å². The Bertz CT molecular complexity index is 978. The van der Waals surface area contributed by atoms with E-state index in [2.05, 4.69) is 21.0 Å². The smallest absolute Gasteiger partial charge is 0.269 e. The summed E-state index contributed by atoms with van der Waals surface area (Å²) in [6, 6.07) is 15.6. The van der Waals surface area contributed by atoms with Crippen molar-refractivity contribution in [3.63, 3.8) is 0 Å². The van der Waals surface area contributed by atoms with Crippen molar-refractivity contribution in [1.82, 2.24) is 25.7 Å². The van der Waals surface area contributed by atoms with Crippen molar-refractivity contribution < 1.29 is 9.59 Å². The molecule has 0 saturated carbocycles. The second-order valence-corrected chi connectivity index (χ2v) is 7.50. The number of amides is 2. The maximum absolute atomic E-state index is 12.2. The number of thioether (sulfide) groups is 1. The zero-order chi connectivity index (χ0) is 20.1. The summed E-state index contributed by atoms with van der Waals surface area (Å²) in [5.41, 5.74) is 5.96. The number of halogens is 1. The number of rotatable bonds is 5. The lowest BCUT2D eigenvalue weighted by atomic mass is 10.2. The highest BCUT2D eigenvalue weighted by Crippen LogP contribution is 2.25. The summed E-state index contributed by atoms with van der Waals surface area (Å²) in [6.45, 7) is 1.67. The van der Waals surface area contributed by atoms with E-state index < -0.39 is 17.1 Å². The summed E-state index contributed by atoms with van der Waals surface area (Å²) in [4.78, 5) is 24.2. The Kier molecular flexibility index (Phi) is 6.17. The van der Waals surface area contributed by atoms with Gasteiger partial charge in [0.2, 0.25) is 5.16 Å². The number of nitrogen functional groups attached to an aromatic ring is 1. The van der Waals surface area contributed by atoms with Crippen LogP contribution in [0.5, 0.6) is 0 Å². The van der Waals surface area contributed by atoms with E-state index in [1.807, 2.05) is 0 Å². The van der Waals surface area contributed by atoms with Crippen molar-refractivity contribution in [2.75, 3.05) is 5.84 Å². The van der Waals surface area contributed by atoms with Gasteiger partial charge in [0.15, 0.2) is 5.82 Å². The van der Waals surface area contributed by atoms with Gasteiger partial charge in [-0.3, -0.25) is 20.4 Å². The Balaban J connectivity index is 1.60. The van der Waals surface area contributed by atoms with Crippen LogP contribution in [-0.4, -0.2) is 31.9 Å². The van der Waals surface area contributed by atoms with Gasteiger partial charge in [-0.2, -0.15) is 0 Å². The number of hydrogen-bond acceptors (Lipinski definition) is 6. The normalized spacial score (nSPS) is 11.6. The standard InChI is InChI=1S/C18H17ClN6O2S/c1-11(16(26)22-23-17(27)13-5-3-2-4-6-13)28-18-24-21-15(25(18)20)12-7-9-14(19)10-8-12/h2-11H,20H2,1H3,(H,22,26)(H,23,27)/t11-/m0/s1. The molecule has 10 heteroatoms. The predicted molar refractivity (Wildman–Crippen MR) is 108 cm³/mol. The molecule has 0 aliphatic rings. The average molecular weight is 417 g/mol. The number of nitrogens with zero attached hydrogens (tertiary/aromatic N) is 3. The molecule has 0 aliphatic carbocycles. The van der Waals surface area contributed by atoms with Crippen molar-refractivity contribution >= 4 is 35.2 Å². The van der Waals surface area contributed by atoms with Gasteiger partial charge >= 0.3 is 0 Å². The first-order valence-corrected chi connectivity index (χ1v) is 9.50. The SMILES string of the molecule is C[C@H](Sc1nnc(-c2ccc(Cl)cc2)n1N)C(=O)NNC(=O)c1ccccc1. The first-order valence-electron chi connectivity index (χ1n) is 8.24. The minimum absolute atomic E-state index is 0.363. The van der Waals surface area contributed by atoms with Crippen molar-refractivity contribution in [2.24, 2.45) is 0 Å². The van der Waals surface area contributed by atoms with Crippen molar-refractivity contribution in [1.29, 1.82) is 0 Å². The fraction of sp³-hybridized carbons (Fsp3) is 0.111. The van der Waals surface area contributed by atoms with Crippen molar-refractivity contribution in [3.05, 3.63) is 65.2 Å². The number of aromatic nitrogens is 3. The lowest BCUT2D eigenvalue weighted by Gasteiger charge is -2.12. The van der Waals surface area contributed by atoms with Gasteiger partial charge in [0.05, 0.1) is 5.25 Å². The summed E-state index contributed by atoms with van der Waals surface area (Å²) in [6.07, 6.45) is 0. The van der Waals surface area contributed by atoms with Gasteiger partial charge < -0.3 is 5.84 Å². The molecule has 1 heterocycles. The Morgan fingerprint density at radius 2 is 1.75 bits per heavy atom. The number of nitrogens with one attached hydrogen (secondary N) is 2. The Labute approximate surface area is 170 Å². The molecule has 2 amide bonds. The van der Waals surface area contributed by atoms with Gasteiger partial charge in [-0.05, 0) is 43.3 Å². The fourth-order valence-corrected chi connectivity index (χ4v) is 3.14. The zero-order valence-corrected chi connectivity index (χ0v) is 16.4. The first-order chi connectivity index (χ1) is 13.5. The molecule has 2 aromatic carbocycles. The quantitative estimate of drug-likeness (QED) is 0.334. The summed E-state index contributed by atoms with van der Waals surface area (Å²) in [7, 11) is 0. The molecule has 3 aromatic rings. The number of nitrogens with two attached hydrogens (primary N) is 1. The molecule has 0 fully saturated rings. The largest absolute Gasteiger partial charge is 0.335 e. The minimum atomic E-state index is -0.569. The minimum Gasteiger partial charge on any atom is -0.335 e. The Morgan fingerprint density at radius 3 is 2.43 bits per heavy atom. The average Bonchev–Trinajstić information content (AvgIpc) is 3.07. The van der Waals surface area contributed by atoms with Crippen LogP contribution in [0.1, 0.15) is 17.3 Å². The second-order valence-electron chi connectivity index (χ2n) is 5.75. The zero-order valence-electron chi connectivity index (χ0n) is 14.8. The molecule has 1 aromatic heterocycles. The van der Waals surface area contributed by atoms with Gasteiger partial charge in [-0.15, -0.1) is 10.2 Å². The molecule has 4 N–H and O–H groups in total. The number of hydrazine groups is 1. The molecule has 0 bridgehead atoms. The highest BCUT2D eigenvalue weighted by Gasteiger charge is 2.20. The summed E-state index contributed by atoms with van der Waals surface area (Å²) in [5, 5.41) is 8.49. The van der Waals surface area contributed by atoms with Crippen LogP contribution in [0.15, 0.2) is 59.8 Å². The molecule has 0 saturated heterocycles. The van der Waals surface area contributed by atoms with E-state index in [0.717, 1.165) is 17.3 Å². The first kappa shape index (κ1) is 19.7. The topological polar surface area (TPSA) is 115 Å². The third kappa shape index (κ3) is 4.62. The van der Waals surface area contributed by atoms with Crippen LogP contribution in [0.4, 0.5) is 0 Å². The van der Waals surface area contributed by atoms with E-state index in [1.165, 1.54) is 4.68 Å². The van der Waals surface area contributed by atoms with Crippen LogP contribution in [0.25, 0.3) is 11.4 Å². The predicted octanol–water partition coefficient (Wildman–Crippen LogP) is 2.25. The van der Waals surface area contributed by atoms with Crippen molar-refractivity contribution in [3.8, 4) is 11.4 Å². The van der Waals surface area contributed by atoms with Crippen LogP contribution in [-0.2, 0) is 4.79 Å².